The SMILES string of the molecule is CN(CCC(=O)O)C(=O)N(c1nn(CC(F)(F)F)c2c(-c3ccc(C#CC(C)(C)S(C)=O)nc3C(Cc3cc(F)cc(F)c3)NC(=O)Cn3nc(C(F)(F)F)c4c3C(F)(F)CC4)ccc(Cl)c12)S(C)=O. The van der Waals surface area contributed by atoms with Gasteiger partial charge >= 0.3 is 24.4 Å². The van der Waals surface area contributed by atoms with Crippen molar-refractivity contribution in [3.8, 4) is 23.0 Å². The summed E-state index contributed by atoms with van der Waals surface area (Å²) in [4.78, 5) is 44.6. The van der Waals surface area contributed by atoms with E-state index in [4.69, 9.17) is 11.6 Å². The van der Waals surface area contributed by atoms with Crippen LogP contribution in [0.1, 0.15) is 66.6 Å². The second kappa shape index (κ2) is 20.0. The zero-order valence-electron chi connectivity index (χ0n) is 37.2. The standard InChI is InChI=1S/C43H39ClF10N8O6S2/c1-40(2,69(4)67)13-10-25-6-7-26(27-8-9-29(44)33-35(27)61(21-42(49,50)51)58-38(33)62(70(5)68)39(66)59(3)15-12-32(64)65)34(55-25)30(18-22-16-23(45)19-24(46)17-22)56-31(63)20-60-37-28(11-14-41(37,47)48)36(57-60)43(52,53)54/h6-9,16-17,19,30H,11-12,14-15,18,20-21H2,1-5H3,(H,56,63)(H,64,65). The molecule has 5 aromatic rings. The lowest BCUT2D eigenvalue weighted by Gasteiger charge is -2.24. The number of aromatic nitrogens is 5. The number of rotatable bonds is 14. The first-order valence-corrected chi connectivity index (χ1v) is 23.9. The third-order valence-electron chi connectivity index (χ3n) is 10.9. The number of hydrogen-bond acceptors (Lipinski definition) is 8. The maximum absolute atomic E-state index is 15.1. The summed E-state index contributed by atoms with van der Waals surface area (Å²) in [5.74, 6) is -3.86. The Labute approximate surface area is 401 Å². The van der Waals surface area contributed by atoms with Gasteiger partial charge in [-0.15, -0.1) is 0 Å². The molecule has 0 saturated carbocycles. The average molecular weight is 1050 g/mol. The number of nitrogens with one attached hydrogen (secondary N) is 1. The van der Waals surface area contributed by atoms with E-state index >= 15 is 8.78 Å². The van der Waals surface area contributed by atoms with Crippen LogP contribution in [0, 0.1) is 23.5 Å². The number of halogens is 11. The lowest BCUT2D eigenvalue weighted by atomic mass is 9.93. The quantitative estimate of drug-likeness (QED) is 0.0824. The predicted molar refractivity (Wildman–Crippen MR) is 236 cm³/mol. The zero-order valence-corrected chi connectivity index (χ0v) is 39.6. The Morgan fingerprint density at radius 1 is 0.971 bits per heavy atom. The second-order valence-corrected chi connectivity index (χ2v) is 20.0. The van der Waals surface area contributed by atoms with E-state index in [0.29, 0.717) is 15.1 Å². The number of alkyl halides is 8. The van der Waals surface area contributed by atoms with Crippen molar-refractivity contribution in [2.24, 2.45) is 0 Å². The third-order valence-corrected chi connectivity index (χ3v) is 13.6. The molecule has 2 aromatic carbocycles. The third kappa shape index (κ3) is 11.7. The van der Waals surface area contributed by atoms with Crippen LogP contribution in [0.2, 0.25) is 5.02 Å². The van der Waals surface area contributed by atoms with E-state index < -0.39 is 159 Å². The number of anilines is 1. The number of carboxylic acid groups (broad SMARTS) is 1. The molecule has 0 spiro atoms. The van der Waals surface area contributed by atoms with Crippen LogP contribution in [-0.2, 0) is 69.4 Å². The monoisotopic (exact) mass is 1050 g/mol. The summed E-state index contributed by atoms with van der Waals surface area (Å²) in [5, 5.41) is 18.3. The first-order chi connectivity index (χ1) is 32.4. The lowest BCUT2D eigenvalue weighted by Crippen LogP contribution is -2.43. The van der Waals surface area contributed by atoms with Crippen molar-refractivity contribution < 1.29 is 71.8 Å². The second-order valence-electron chi connectivity index (χ2n) is 16.5. The highest BCUT2D eigenvalue weighted by Crippen LogP contribution is 2.47. The van der Waals surface area contributed by atoms with Crippen molar-refractivity contribution in [2.75, 3.05) is 30.4 Å². The number of nitrogens with zero attached hydrogens (tertiary/aromatic N) is 7. The summed E-state index contributed by atoms with van der Waals surface area (Å²) in [6.45, 7) is -0.565. The fourth-order valence-electron chi connectivity index (χ4n) is 7.51. The summed E-state index contributed by atoms with van der Waals surface area (Å²) in [5.41, 5.74) is -5.32. The molecular weight excluding hydrogens is 1010 g/mol. The lowest BCUT2D eigenvalue weighted by molar-refractivity contribution is -0.143. The Morgan fingerprint density at radius 3 is 2.20 bits per heavy atom. The minimum absolute atomic E-state index is 0.154. The number of carbonyl (C=O) groups excluding carboxylic acids is 2. The van der Waals surface area contributed by atoms with Gasteiger partial charge in [-0.05, 0) is 68.5 Å². The summed E-state index contributed by atoms with van der Waals surface area (Å²) < 4.78 is 171. The van der Waals surface area contributed by atoms with E-state index in [1.165, 1.54) is 38.3 Å². The van der Waals surface area contributed by atoms with Crippen molar-refractivity contribution in [1.29, 1.82) is 0 Å². The molecular formula is C43H39ClF10N8O6S2. The van der Waals surface area contributed by atoms with Gasteiger partial charge in [-0.2, -0.15) is 49.6 Å². The molecule has 3 heterocycles. The molecule has 0 saturated heterocycles. The number of fused-ring (bicyclic) bond motifs is 2. The largest absolute Gasteiger partial charge is 0.481 e. The molecule has 0 bridgehead atoms. The van der Waals surface area contributed by atoms with Crippen LogP contribution in [0.5, 0.6) is 0 Å². The van der Waals surface area contributed by atoms with Gasteiger partial charge < -0.3 is 15.3 Å². The van der Waals surface area contributed by atoms with E-state index in [1.54, 1.807) is 0 Å². The number of aliphatic carboxylic acids is 1. The smallest absolute Gasteiger partial charge is 0.435 e. The first kappa shape index (κ1) is 53.3. The molecule has 376 valence electrons. The first-order valence-electron chi connectivity index (χ1n) is 20.4. The average Bonchev–Trinajstić information content (AvgIpc) is 3.89. The predicted octanol–water partition coefficient (Wildman–Crippen LogP) is 8.08. The van der Waals surface area contributed by atoms with E-state index in [9.17, 15) is 63.0 Å². The Kier molecular flexibility index (Phi) is 15.2. The number of amides is 3. The van der Waals surface area contributed by atoms with E-state index in [0.717, 1.165) is 36.4 Å². The molecule has 6 rings (SSSR count). The Bertz CT molecular complexity index is 3000. The summed E-state index contributed by atoms with van der Waals surface area (Å²) in [7, 11) is -2.86. The number of urea groups is 1. The fourth-order valence-corrected chi connectivity index (χ4v) is 8.67. The molecule has 3 atom stereocenters. The van der Waals surface area contributed by atoms with Crippen molar-refractivity contribution in [3.05, 3.63) is 93.0 Å². The van der Waals surface area contributed by atoms with Gasteiger partial charge in [0.2, 0.25) is 5.91 Å². The minimum Gasteiger partial charge on any atom is -0.481 e. The number of hydrogen-bond donors (Lipinski definition) is 2. The van der Waals surface area contributed by atoms with Gasteiger partial charge in [0.25, 0.3) is 5.92 Å². The van der Waals surface area contributed by atoms with Crippen molar-refractivity contribution in [1.82, 2.24) is 34.8 Å². The molecule has 27 heteroatoms. The number of carboxylic acids is 1. The van der Waals surface area contributed by atoms with Gasteiger partial charge in [-0.25, -0.2) is 22.8 Å². The summed E-state index contributed by atoms with van der Waals surface area (Å²) in [6.07, 6.45) is -10.9. The molecule has 3 amide bonds. The van der Waals surface area contributed by atoms with Gasteiger partial charge in [0.05, 0.1) is 34.1 Å². The van der Waals surface area contributed by atoms with Crippen molar-refractivity contribution >= 4 is 68.0 Å². The van der Waals surface area contributed by atoms with Crippen LogP contribution in [0.25, 0.3) is 22.0 Å². The molecule has 14 nitrogen and oxygen atoms in total. The molecule has 0 radical (unpaired) electrons. The Balaban J connectivity index is 1.63. The molecule has 1 aliphatic rings. The van der Waals surface area contributed by atoms with Crippen LogP contribution in [-0.4, -0.2) is 97.9 Å². The molecule has 3 aromatic heterocycles. The summed E-state index contributed by atoms with van der Waals surface area (Å²) >= 11 is 6.67. The maximum atomic E-state index is 15.1. The van der Waals surface area contributed by atoms with Crippen LogP contribution in [0.15, 0.2) is 42.5 Å². The highest BCUT2D eigenvalue weighted by molar-refractivity contribution is 7.86. The van der Waals surface area contributed by atoms with Gasteiger partial charge in [-0.3, -0.25) is 23.2 Å². The van der Waals surface area contributed by atoms with E-state index in [-0.39, 0.29) is 37.8 Å². The normalized spacial score (nSPS) is 14.9. The topological polar surface area (TPSA) is 173 Å². The van der Waals surface area contributed by atoms with Crippen LogP contribution in [0.3, 0.4) is 0 Å². The molecule has 2 N–H and O–H groups in total. The molecule has 70 heavy (non-hydrogen) atoms. The van der Waals surface area contributed by atoms with Crippen LogP contribution in [0.4, 0.5) is 54.5 Å². The van der Waals surface area contributed by atoms with Crippen molar-refractivity contribution in [3.63, 3.8) is 0 Å². The molecule has 0 aliphatic heterocycles. The van der Waals surface area contributed by atoms with Gasteiger partial charge in [0, 0.05) is 66.1 Å². The fraction of sp³-hybridized carbons (Fsp3) is 0.395. The van der Waals surface area contributed by atoms with Gasteiger partial charge in [0.15, 0.2) is 11.5 Å². The van der Waals surface area contributed by atoms with Crippen LogP contribution < -0.4 is 9.62 Å². The van der Waals surface area contributed by atoms with Gasteiger partial charge in [0.1, 0.15) is 51.8 Å². The number of pyridine rings is 1. The molecule has 3 unspecified atom stereocenters. The molecule has 0 fully saturated rings. The van der Waals surface area contributed by atoms with Gasteiger partial charge in [-0.1, -0.05) is 23.6 Å². The van der Waals surface area contributed by atoms with Crippen LogP contribution >= 0.6 is 11.6 Å². The Hall–Kier alpha value is -6.07. The maximum Gasteiger partial charge on any atom is 0.435 e. The van der Waals surface area contributed by atoms with E-state index in [2.05, 4.69) is 32.3 Å². The Morgan fingerprint density at radius 2 is 1.61 bits per heavy atom. The minimum atomic E-state index is -5.20. The number of benzene rings is 2. The molecule has 1 aliphatic carbocycles. The van der Waals surface area contributed by atoms with Crippen molar-refractivity contribution in [2.45, 2.75) is 81.7 Å². The number of carbonyl (C=O) groups is 3. The van der Waals surface area contributed by atoms with E-state index in [1.807, 2.05) is 0 Å². The highest BCUT2D eigenvalue weighted by atomic mass is 35.5. The summed E-state index contributed by atoms with van der Waals surface area (Å²) in [6, 6.07) is 4.16. The zero-order chi connectivity index (χ0) is 52.0. The highest BCUT2D eigenvalue weighted by Gasteiger charge is 2.50.